The van der Waals surface area contributed by atoms with Crippen LogP contribution in [0.3, 0.4) is 0 Å². The van der Waals surface area contributed by atoms with E-state index in [-0.39, 0.29) is 29.9 Å². The van der Waals surface area contributed by atoms with Gasteiger partial charge in [-0.25, -0.2) is 19.4 Å². The fourth-order valence-corrected chi connectivity index (χ4v) is 4.96. The van der Waals surface area contributed by atoms with Crippen LogP contribution in [0.2, 0.25) is 0 Å². The zero-order chi connectivity index (χ0) is 24.5. The smallest absolute Gasteiger partial charge is 0.287 e. The molecule has 34 heavy (non-hydrogen) atoms. The highest BCUT2D eigenvalue weighted by molar-refractivity contribution is 5.92. The van der Waals surface area contributed by atoms with Crippen molar-refractivity contribution in [3.8, 4) is 0 Å². The summed E-state index contributed by atoms with van der Waals surface area (Å²) >= 11 is 0. The van der Waals surface area contributed by atoms with E-state index in [1.165, 1.54) is 12.4 Å². The highest BCUT2D eigenvalue weighted by Crippen LogP contribution is 2.31. The minimum absolute atomic E-state index is 0.0253. The topological polar surface area (TPSA) is 93.0 Å². The summed E-state index contributed by atoms with van der Waals surface area (Å²) in [5, 5.41) is 24.1. The van der Waals surface area contributed by atoms with Gasteiger partial charge >= 0.3 is 0 Å². The first-order valence-corrected chi connectivity index (χ1v) is 12.0. The van der Waals surface area contributed by atoms with E-state index in [0.29, 0.717) is 49.4 Å². The molecule has 184 valence electrons. The number of hydrogen-bond acceptors (Lipinski definition) is 7. The molecule has 0 bridgehead atoms. The van der Waals surface area contributed by atoms with Gasteiger partial charge < -0.3 is 15.1 Å². The molecular weight excluding hydrogens is 437 g/mol. The van der Waals surface area contributed by atoms with Gasteiger partial charge in [-0.2, -0.15) is 0 Å². The summed E-state index contributed by atoms with van der Waals surface area (Å²) < 4.78 is 15.0. The third-order valence-electron chi connectivity index (χ3n) is 6.89. The molecule has 0 unspecified atom stereocenters. The van der Waals surface area contributed by atoms with E-state index in [0.717, 1.165) is 12.8 Å². The summed E-state index contributed by atoms with van der Waals surface area (Å²) in [4.78, 5) is 23.6. The molecule has 1 saturated carbocycles. The Hall–Kier alpha value is -2.62. The number of aliphatic hydroxyl groups excluding tert-OH is 1. The molecular formula is C25H34FN5O3. The second-order valence-corrected chi connectivity index (χ2v) is 9.89. The Kier molecular flexibility index (Phi) is 7.16. The molecule has 2 aromatic rings. The van der Waals surface area contributed by atoms with Crippen molar-refractivity contribution in [2.45, 2.75) is 70.2 Å². The normalized spacial score (nSPS) is 24.2. The van der Waals surface area contributed by atoms with E-state index in [1.807, 2.05) is 16.8 Å². The van der Waals surface area contributed by atoms with Crippen molar-refractivity contribution >= 4 is 11.6 Å². The minimum atomic E-state index is -1.11. The Labute approximate surface area is 200 Å². The van der Waals surface area contributed by atoms with Crippen molar-refractivity contribution in [1.29, 1.82) is 0 Å². The fraction of sp³-hybridized carbons (Fsp3) is 0.560. The number of amides is 1. The fourth-order valence-electron chi connectivity index (χ4n) is 4.96. The Morgan fingerprint density at radius 2 is 1.91 bits per heavy atom. The van der Waals surface area contributed by atoms with Gasteiger partial charge in [-0.1, -0.05) is 6.07 Å². The summed E-state index contributed by atoms with van der Waals surface area (Å²) in [5.41, 5.74) is 0.250. The molecule has 1 aromatic carbocycles. The molecule has 1 aliphatic heterocycles. The predicted octanol–water partition coefficient (Wildman–Crippen LogP) is 2.71. The second-order valence-electron chi connectivity index (χ2n) is 9.89. The van der Waals surface area contributed by atoms with Crippen molar-refractivity contribution in [3.63, 3.8) is 0 Å². The number of aliphatic hydroxyl groups is 2. The number of piperazine rings is 1. The van der Waals surface area contributed by atoms with Crippen molar-refractivity contribution in [2.75, 3.05) is 24.5 Å². The summed E-state index contributed by atoms with van der Waals surface area (Å²) in [6.07, 6.45) is 5.37. The van der Waals surface area contributed by atoms with Gasteiger partial charge in [-0.15, -0.1) is 0 Å². The van der Waals surface area contributed by atoms with Crippen LogP contribution in [0.1, 0.15) is 62.5 Å². The van der Waals surface area contributed by atoms with Crippen LogP contribution in [0.15, 0.2) is 36.8 Å². The molecule has 1 aliphatic carbocycles. The lowest BCUT2D eigenvalue weighted by atomic mass is 9.92. The maximum absolute atomic E-state index is 15.0. The van der Waals surface area contributed by atoms with Gasteiger partial charge in [0.05, 0.1) is 17.4 Å². The Morgan fingerprint density at radius 3 is 2.50 bits per heavy atom. The number of carbonyl (C=O) groups excluding carboxylic acids is 1. The first-order valence-electron chi connectivity index (χ1n) is 12.0. The summed E-state index contributed by atoms with van der Waals surface area (Å²) in [5.74, 6) is -0.541. The molecule has 1 atom stereocenters. The van der Waals surface area contributed by atoms with E-state index in [1.54, 1.807) is 38.2 Å². The lowest BCUT2D eigenvalue weighted by molar-refractivity contribution is -0.0786. The summed E-state index contributed by atoms with van der Waals surface area (Å²) in [7, 11) is 0. The van der Waals surface area contributed by atoms with E-state index in [4.69, 9.17) is 0 Å². The SMILES string of the molecule is C[C@@H]1CN(c2ccc(C(C)(C)O)cc2F)CCN1N(C(=O)c1ccncn1)C1CCC(O)CC1. The number of carbonyl (C=O) groups is 1. The van der Waals surface area contributed by atoms with Crippen LogP contribution in [0.5, 0.6) is 0 Å². The van der Waals surface area contributed by atoms with Crippen LogP contribution in [0.25, 0.3) is 0 Å². The van der Waals surface area contributed by atoms with Crippen molar-refractivity contribution in [1.82, 2.24) is 20.0 Å². The lowest BCUT2D eigenvalue weighted by Gasteiger charge is -2.49. The zero-order valence-corrected chi connectivity index (χ0v) is 20.1. The minimum Gasteiger partial charge on any atom is -0.393 e. The van der Waals surface area contributed by atoms with Gasteiger partial charge in [0.2, 0.25) is 0 Å². The van der Waals surface area contributed by atoms with Crippen LogP contribution in [-0.2, 0) is 5.60 Å². The Balaban J connectivity index is 1.55. The summed E-state index contributed by atoms with van der Waals surface area (Å²) in [6, 6.07) is 6.41. The molecule has 2 aliphatic rings. The van der Waals surface area contributed by atoms with Crippen LogP contribution >= 0.6 is 0 Å². The quantitative estimate of drug-likeness (QED) is 0.693. The molecule has 0 spiro atoms. The molecule has 1 aromatic heterocycles. The molecule has 2 heterocycles. The van der Waals surface area contributed by atoms with Gasteiger partial charge in [-0.05, 0) is 70.2 Å². The highest BCUT2D eigenvalue weighted by atomic mass is 19.1. The zero-order valence-electron chi connectivity index (χ0n) is 20.1. The monoisotopic (exact) mass is 471 g/mol. The van der Waals surface area contributed by atoms with Crippen LogP contribution in [-0.4, -0.2) is 73.9 Å². The number of aromatic nitrogens is 2. The largest absolute Gasteiger partial charge is 0.393 e. The molecule has 8 nitrogen and oxygen atoms in total. The average Bonchev–Trinajstić information content (AvgIpc) is 2.81. The predicted molar refractivity (Wildman–Crippen MR) is 126 cm³/mol. The third-order valence-corrected chi connectivity index (χ3v) is 6.89. The van der Waals surface area contributed by atoms with Gasteiger partial charge in [0.15, 0.2) is 0 Å². The number of hydrazine groups is 1. The highest BCUT2D eigenvalue weighted by Gasteiger charge is 2.38. The average molecular weight is 472 g/mol. The van der Waals surface area contributed by atoms with Crippen LogP contribution < -0.4 is 4.90 Å². The van der Waals surface area contributed by atoms with E-state index in [2.05, 4.69) is 15.0 Å². The molecule has 1 amide bonds. The summed E-state index contributed by atoms with van der Waals surface area (Å²) in [6.45, 7) is 6.94. The van der Waals surface area contributed by atoms with Crippen molar-refractivity contribution in [3.05, 3.63) is 53.9 Å². The first-order chi connectivity index (χ1) is 16.1. The molecule has 2 fully saturated rings. The number of halogens is 1. The van der Waals surface area contributed by atoms with Gasteiger partial charge in [0.1, 0.15) is 17.8 Å². The number of rotatable bonds is 5. The number of nitrogens with zero attached hydrogens (tertiary/aromatic N) is 5. The first kappa shape index (κ1) is 24.5. The van der Waals surface area contributed by atoms with E-state index < -0.39 is 5.60 Å². The maximum Gasteiger partial charge on any atom is 0.287 e. The molecule has 1 saturated heterocycles. The standard InChI is InChI=1S/C25H34FN5O3/c1-17-15-29(23-9-4-18(14-21(23)26)25(2,3)34)12-13-30(17)31(19-5-7-20(32)8-6-19)24(33)22-10-11-27-16-28-22/h4,9-11,14,16-17,19-20,32,34H,5-8,12-13,15H2,1-3H3/t17-,19?,20?/m1/s1. The van der Waals surface area contributed by atoms with Crippen LogP contribution in [0, 0.1) is 5.82 Å². The van der Waals surface area contributed by atoms with Gasteiger partial charge in [0.25, 0.3) is 5.91 Å². The number of benzene rings is 1. The second kappa shape index (κ2) is 9.93. The Bertz CT molecular complexity index is 992. The lowest BCUT2D eigenvalue weighted by Crippen LogP contribution is -2.63. The van der Waals surface area contributed by atoms with Crippen LogP contribution in [0.4, 0.5) is 10.1 Å². The number of hydrogen-bond donors (Lipinski definition) is 2. The molecule has 9 heteroatoms. The molecule has 4 rings (SSSR count). The molecule has 0 radical (unpaired) electrons. The van der Waals surface area contributed by atoms with Crippen molar-refractivity contribution in [2.24, 2.45) is 0 Å². The van der Waals surface area contributed by atoms with Gasteiger partial charge in [-0.3, -0.25) is 9.80 Å². The molecule has 2 N–H and O–H groups in total. The van der Waals surface area contributed by atoms with E-state index >= 15 is 0 Å². The van der Waals surface area contributed by atoms with Crippen molar-refractivity contribution < 1.29 is 19.4 Å². The van der Waals surface area contributed by atoms with E-state index in [9.17, 15) is 19.4 Å². The number of anilines is 1. The maximum atomic E-state index is 15.0. The third kappa shape index (κ3) is 5.21. The Morgan fingerprint density at radius 1 is 1.18 bits per heavy atom. The van der Waals surface area contributed by atoms with Gasteiger partial charge in [0, 0.05) is 37.9 Å².